The standard InChI is InChI=1S/C20H27N5O5/c1-30-20(29)24-10-8-23(9-11-24)19(28)14-4-2-5-15(12-14)22-13-17(26)25-7-3-6-16(25)18(21)27/h2,4-5,12,16,22H,3,6-11,13H2,1H3,(H2,21,27)/t16-/m0/s1. The Hall–Kier alpha value is -3.30. The molecule has 2 fully saturated rings. The van der Waals surface area contributed by atoms with E-state index in [1.54, 1.807) is 34.1 Å². The predicted molar refractivity (Wildman–Crippen MR) is 109 cm³/mol. The summed E-state index contributed by atoms with van der Waals surface area (Å²) in [5.41, 5.74) is 6.50. The number of methoxy groups -OCH3 is 1. The molecule has 2 heterocycles. The number of nitrogens with zero attached hydrogens (tertiary/aromatic N) is 3. The number of nitrogens with two attached hydrogens (primary N) is 1. The van der Waals surface area contributed by atoms with Crippen LogP contribution in [0.25, 0.3) is 0 Å². The van der Waals surface area contributed by atoms with Crippen LogP contribution >= 0.6 is 0 Å². The molecule has 0 aromatic heterocycles. The van der Waals surface area contributed by atoms with Crippen molar-refractivity contribution in [2.75, 3.05) is 51.7 Å². The van der Waals surface area contributed by atoms with Crippen molar-refractivity contribution in [2.45, 2.75) is 18.9 Å². The van der Waals surface area contributed by atoms with E-state index < -0.39 is 18.0 Å². The van der Waals surface area contributed by atoms with Crippen molar-refractivity contribution in [3.63, 3.8) is 0 Å². The molecule has 2 saturated heterocycles. The quantitative estimate of drug-likeness (QED) is 0.700. The molecule has 2 aliphatic heterocycles. The first kappa shape index (κ1) is 21.4. The van der Waals surface area contributed by atoms with Gasteiger partial charge in [0.15, 0.2) is 0 Å². The zero-order valence-electron chi connectivity index (χ0n) is 17.0. The molecule has 30 heavy (non-hydrogen) atoms. The maximum atomic E-state index is 12.8. The van der Waals surface area contributed by atoms with Gasteiger partial charge in [0, 0.05) is 44.0 Å². The lowest BCUT2D eigenvalue weighted by Gasteiger charge is -2.33. The first-order chi connectivity index (χ1) is 14.4. The fourth-order valence-electron chi connectivity index (χ4n) is 3.81. The maximum absolute atomic E-state index is 12.8. The summed E-state index contributed by atoms with van der Waals surface area (Å²) in [6.07, 6.45) is 0.954. The van der Waals surface area contributed by atoms with E-state index in [1.807, 2.05) is 0 Å². The fourth-order valence-corrected chi connectivity index (χ4v) is 3.81. The normalized spacial score (nSPS) is 18.8. The molecular formula is C20H27N5O5. The van der Waals surface area contributed by atoms with Crippen LogP contribution in [0.4, 0.5) is 10.5 Å². The lowest BCUT2D eigenvalue weighted by Crippen LogP contribution is -2.50. The monoisotopic (exact) mass is 417 g/mol. The Morgan fingerprint density at radius 3 is 2.47 bits per heavy atom. The minimum atomic E-state index is -0.545. The average Bonchev–Trinajstić information content (AvgIpc) is 3.27. The van der Waals surface area contributed by atoms with E-state index in [2.05, 4.69) is 5.32 Å². The number of benzene rings is 1. The van der Waals surface area contributed by atoms with Crippen LogP contribution in [0.5, 0.6) is 0 Å². The van der Waals surface area contributed by atoms with Crippen molar-refractivity contribution in [1.82, 2.24) is 14.7 Å². The summed E-state index contributed by atoms with van der Waals surface area (Å²) >= 11 is 0. The molecule has 0 aliphatic carbocycles. The number of ether oxygens (including phenoxy) is 1. The SMILES string of the molecule is COC(=O)N1CCN(C(=O)c2cccc(NCC(=O)N3CCC[C@H]3C(N)=O)c2)CC1. The highest BCUT2D eigenvalue weighted by molar-refractivity contribution is 5.95. The van der Waals surface area contributed by atoms with E-state index >= 15 is 0 Å². The number of carbonyl (C=O) groups excluding carboxylic acids is 4. The van der Waals surface area contributed by atoms with E-state index in [0.717, 1.165) is 6.42 Å². The highest BCUT2D eigenvalue weighted by Crippen LogP contribution is 2.18. The van der Waals surface area contributed by atoms with Gasteiger partial charge in [-0.3, -0.25) is 14.4 Å². The van der Waals surface area contributed by atoms with E-state index in [4.69, 9.17) is 10.5 Å². The number of nitrogens with one attached hydrogen (secondary N) is 1. The molecule has 162 valence electrons. The largest absolute Gasteiger partial charge is 0.453 e. The van der Waals surface area contributed by atoms with E-state index in [1.165, 1.54) is 12.0 Å². The Morgan fingerprint density at radius 1 is 1.10 bits per heavy atom. The van der Waals surface area contributed by atoms with Crippen molar-refractivity contribution in [3.8, 4) is 0 Å². The van der Waals surface area contributed by atoms with Crippen LogP contribution in [0.15, 0.2) is 24.3 Å². The summed E-state index contributed by atoms with van der Waals surface area (Å²) < 4.78 is 4.71. The summed E-state index contributed by atoms with van der Waals surface area (Å²) in [6, 6.07) is 6.38. The van der Waals surface area contributed by atoms with Gasteiger partial charge in [-0.05, 0) is 31.0 Å². The third-order valence-electron chi connectivity index (χ3n) is 5.45. The topological polar surface area (TPSA) is 125 Å². The van der Waals surface area contributed by atoms with Crippen LogP contribution in [0, 0.1) is 0 Å². The van der Waals surface area contributed by atoms with Crippen LogP contribution in [-0.2, 0) is 14.3 Å². The molecule has 2 aliphatic rings. The number of rotatable bonds is 5. The third-order valence-corrected chi connectivity index (χ3v) is 5.45. The van der Waals surface area contributed by atoms with Crippen LogP contribution in [0.1, 0.15) is 23.2 Å². The Labute approximate surface area is 174 Å². The van der Waals surface area contributed by atoms with Gasteiger partial charge in [-0.25, -0.2) is 4.79 Å². The predicted octanol–water partition coefficient (Wildman–Crippen LogP) is 0.0990. The zero-order chi connectivity index (χ0) is 21.7. The lowest BCUT2D eigenvalue weighted by atomic mass is 10.1. The van der Waals surface area contributed by atoms with Crippen molar-refractivity contribution in [3.05, 3.63) is 29.8 Å². The van der Waals surface area contributed by atoms with Gasteiger partial charge in [0.2, 0.25) is 11.8 Å². The number of hydrogen-bond donors (Lipinski definition) is 2. The third kappa shape index (κ3) is 4.81. The van der Waals surface area contributed by atoms with Crippen molar-refractivity contribution in [1.29, 1.82) is 0 Å². The molecule has 1 atom stereocenters. The van der Waals surface area contributed by atoms with Gasteiger partial charge in [-0.2, -0.15) is 0 Å². The van der Waals surface area contributed by atoms with Gasteiger partial charge in [0.1, 0.15) is 6.04 Å². The van der Waals surface area contributed by atoms with Gasteiger partial charge < -0.3 is 30.5 Å². The van der Waals surface area contributed by atoms with Gasteiger partial charge in [-0.1, -0.05) is 6.07 Å². The number of amides is 4. The second kappa shape index (κ2) is 9.47. The molecule has 10 heteroatoms. The Balaban J connectivity index is 1.56. The first-order valence-electron chi connectivity index (χ1n) is 9.95. The van der Waals surface area contributed by atoms with Crippen LogP contribution in [0.2, 0.25) is 0 Å². The Morgan fingerprint density at radius 2 is 1.80 bits per heavy atom. The number of carbonyl (C=O) groups is 4. The number of anilines is 1. The Bertz CT molecular complexity index is 822. The highest BCUT2D eigenvalue weighted by atomic mass is 16.5. The Kier molecular flexibility index (Phi) is 6.76. The number of primary amides is 1. The van der Waals surface area contributed by atoms with Crippen LogP contribution < -0.4 is 11.1 Å². The van der Waals surface area contributed by atoms with Crippen LogP contribution in [0.3, 0.4) is 0 Å². The van der Waals surface area contributed by atoms with Crippen LogP contribution in [-0.4, -0.2) is 90.9 Å². The minimum absolute atomic E-state index is 0.0131. The molecule has 4 amide bonds. The smallest absolute Gasteiger partial charge is 0.409 e. The molecule has 1 aromatic carbocycles. The summed E-state index contributed by atoms with van der Waals surface area (Å²) in [4.78, 5) is 53.0. The number of hydrogen-bond acceptors (Lipinski definition) is 6. The van der Waals surface area contributed by atoms with Crippen molar-refractivity contribution < 1.29 is 23.9 Å². The van der Waals surface area contributed by atoms with Gasteiger partial charge in [0.25, 0.3) is 5.91 Å². The molecule has 3 N–H and O–H groups in total. The molecule has 3 rings (SSSR count). The van der Waals surface area contributed by atoms with Crippen molar-refractivity contribution in [2.24, 2.45) is 5.73 Å². The molecule has 0 bridgehead atoms. The van der Waals surface area contributed by atoms with Crippen molar-refractivity contribution >= 4 is 29.5 Å². The highest BCUT2D eigenvalue weighted by Gasteiger charge is 2.32. The molecule has 10 nitrogen and oxygen atoms in total. The maximum Gasteiger partial charge on any atom is 0.409 e. The second-order valence-corrected chi connectivity index (χ2v) is 7.33. The fraction of sp³-hybridized carbons (Fsp3) is 0.500. The lowest BCUT2D eigenvalue weighted by molar-refractivity contribution is -0.135. The molecule has 0 unspecified atom stereocenters. The summed E-state index contributed by atoms with van der Waals surface area (Å²) in [5, 5.41) is 3.03. The summed E-state index contributed by atoms with van der Waals surface area (Å²) in [5.74, 6) is -0.824. The van der Waals surface area contributed by atoms with E-state index in [0.29, 0.717) is 50.4 Å². The average molecular weight is 417 g/mol. The first-order valence-corrected chi connectivity index (χ1v) is 9.95. The molecule has 1 aromatic rings. The molecule has 0 radical (unpaired) electrons. The van der Waals surface area contributed by atoms with Gasteiger partial charge in [0.05, 0.1) is 13.7 Å². The minimum Gasteiger partial charge on any atom is -0.453 e. The molecule has 0 spiro atoms. The molecular weight excluding hydrogens is 390 g/mol. The number of piperazine rings is 1. The molecule has 0 saturated carbocycles. The zero-order valence-corrected chi connectivity index (χ0v) is 17.0. The van der Waals surface area contributed by atoms with Gasteiger partial charge >= 0.3 is 6.09 Å². The van der Waals surface area contributed by atoms with E-state index in [-0.39, 0.29) is 18.4 Å². The second-order valence-electron chi connectivity index (χ2n) is 7.33. The summed E-state index contributed by atoms with van der Waals surface area (Å²) in [7, 11) is 1.33. The van der Waals surface area contributed by atoms with E-state index in [9.17, 15) is 19.2 Å². The van der Waals surface area contributed by atoms with Gasteiger partial charge in [-0.15, -0.1) is 0 Å². The summed E-state index contributed by atoms with van der Waals surface area (Å²) in [6.45, 7) is 2.22. The number of likely N-dealkylation sites (tertiary alicyclic amines) is 1.